The van der Waals surface area contributed by atoms with Gasteiger partial charge in [-0.2, -0.15) is 0 Å². The maximum absolute atomic E-state index is 10.5. The summed E-state index contributed by atoms with van der Waals surface area (Å²) < 4.78 is 0. The fraction of sp³-hybridized carbons (Fsp3) is 0.375. The Kier molecular flexibility index (Phi) is 8.08. The van der Waals surface area contributed by atoms with Gasteiger partial charge in [-0.3, -0.25) is 0 Å². The van der Waals surface area contributed by atoms with E-state index in [1.54, 1.807) is 6.08 Å². The minimum absolute atomic E-state index is 0.554. The predicted molar refractivity (Wildman–Crippen MR) is 76.9 cm³/mol. The van der Waals surface area contributed by atoms with Gasteiger partial charge >= 0.3 is 0 Å². The molecule has 0 amide bonds. The smallest absolute Gasteiger partial charge is 0.0867 e. The first-order valence-electron chi connectivity index (χ1n) is 5.98. The lowest BCUT2D eigenvalue weighted by Crippen LogP contribution is -2.25. The number of hydrogen-bond acceptors (Lipinski definition) is 1. The van der Waals surface area contributed by atoms with E-state index in [9.17, 15) is 5.11 Å². The summed E-state index contributed by atoms with van der Waals surface area (Å²) in [6.07, 6.45) is 12.8. The van der Waals surface area contributed by atoms with Crippen LogP contribution in [-0.4, -0.2) is 10.7 Å². The fourth-order valence-corrected chi connectivity index (χ4v) is 1.79. The van der Waals surface area contributed by atoms with E-state index in [-0.39, 0.29) is 0 Å². The van der Waals surface area contributed by atoms with Crippen molar-refractivity contribution < 1.29 is 5.11 Å². The first kappa shape index (κ1) is 15.7. The fourth-order valence-electron chi connectivity index (χ4n) is 1.79. The van der Waals surface area contributed by atoms with Crippen molar-refractivity contribution in [2.24, 2.45) is 0 Å². The van der Waals surface area contributed by atoms with Crippen LogP contribution in [-0.2, 0) is 0 Å². The first-order chi connectivity index (χ1) is 8.11. The van der Waals surface area contributed by atoms with E-state index in [1.807, 2.05) is 24.3 Å². The molecule has 0 saturated heterocycles. The van der Waals surface area contributed by atoms with Crippen molar-refractivity contribution in [1.29, 1.82) is 0 Å². The second-order valence-corrected chi connectivity index (χ2v) is 4.21. The van der Waals surface area contributed by atoms with Gasteiger partial charge in [-0.05, 0) is 32.1 Å². The van der Waals surface area contributed by atoms with Crippen LogP contribution in [0.15, 0.2) is 62.3 Å². The van der Waals surface area contributed by atoms with Gasteiger partial charge in [0.1, 0.15) is 0 Å². The molecule has 0 fully saturated rings. The van der Waals surface area contributed by atoms with Crippen LogP contribution < -0.4 is 0 Å². The largest absolute Gasteiger partial charge is 0.385 e. The van der Waals surface area contributed by atoms with E-state index in [1.165, 1.54) is 0 Å². The molecule has 1 nitrogen and oxygen atoms in total. The molecule has 0 heterocycles. The Hall–Kier alpha value is -1.34. The summed E-state index contributed by atoms with van der Waals surface area (Å²) in [5.41, 5.74) is 0.320. The average molecular weight is 232 g/mol. The standard InChI is InChI=1S/C16H24O/c1-5-9-13-16(17,12-8-4)14-15(10-6-2)11-7-3/h5-8,14,17H,1-4,9-13H2. The zero-order valence-electron chi connectivity index (χ0n) is 10.7. The highest BCUT2D eigenvalue weighted by atomic mass is 16.3. The van der Waals surface area contributed by atoms with Crippen molar-refractivity contribution in [2.45, 2.75) is 37.7 Å². The topological polar surface area (TPSA) is 20.2 Å². The third-order valence-electron chi connectivity index (χ3n) is 2.57. The average Bonchev–Trinajstić information content (AvgIpc) is 2.27. The summed E-state index contributed by atoms with van der Waals surface area (Å²) in [6.45, 7) is 14.8. The van der Waals surface area contributed by atoms with Crippen LogP contribution in [0.2, 0.25) is 0 Å². The van der Waals surface area contributed by atoms with Crippen molar-refractivity contribution in [3.63, 3.8) is 0 Å². The molecule has 0 aromatic rings. The molecule has 0 aliphatic rings. The minimum Gasteiger partial charge on any atom is -0.385 e. The Balaban J connectivity index is 4.90. The summed E-state index contributed by atoms with van der Waals surface area (Å²) in [4.78, 5) is 0. The summed E-state index contributed by atoms with van der Waals surface area (Å²) in [6, 6.07) is 0. The van der Waals surface area contributed by atoms with Gasteiger partial charge in [0.05, 0.1) is 5.60 Å². The van der Waals surface area contributed by atoms with Crippen LogP contribution in [0.4, 0.5) is 0 Å². The molecule has 0 aromatic heterocycles. The Bertz CT molecular complexity index is 287. The molecule has 1 heteroatoms. The predicted octanol–water partition coefficient (Wildman–Crippen LogP) is 4.34. The normalized spacial score (nSPS) is 13.2. The highest BCUT2D eigenvalue weighted by Crippen LogP contribution is 2.24. The molecule has 0 radical (unpaired) electrons. The van der Waals surface area contributed by atoms with Crippen LogP contribution >= 0.6 is 0 Å². The van der Waals surface area contributed by atoms with Crippen LogP contribution in [0.25, 0.3) is 0 Å². The minimum atomic E-state index is -0.822. The van der Waals surface area contributed by atoms with Gasteiger partial charge < -0.3 is 5.11 Å². The zero-order chi connectivity index (χ0) is 13.1. The molecule has 94 valence electrons. The summed E-state index contributed by atoms with van der Waals surface area (Å²) in [7, 11) is 0. The monoisotopic (exact) mass is 232 g/mol. The van der Waals surface area contributed by atoms with E-state index in [0.29, 0.717) is 12.8 Å². The molecule has 17 heavy (non-hydrogen) atoms. The van der Waals surface area contributed by atoms with Gasteiger partial charge in [0.2, 0.25) is 0 Å². The highest BCUT2D eigenvalue weighted by molar-refractivity contribution is 5.17. The molecular formula is C16H24O. The second kappa shape index (κ2) is 8.77. The Morgan fingerprint density at radius 3 is 1.94 bits per heavy atom. The molecular weight excluding hydrogens is 208 g/mol. The van der Waals surface area contributed by atoms with Crippen molar-refractivity contribution >= 4 is 0 Å². The molecule has 1 unspecified atom stereocenters. The Labute approximate surface area is 106 Å². The van der Waals surface area contributed by atoms with E-state index in [0.717, 1.165) is 24.8 Å². The van der Waals surface area contributed by atoms with Gasteiger partial charge in [0.15, 0.2) is 0 Å². The quantitative estimate of drug-likeness (QED) is 0.556. The maximum Gasteiger partial charge on any atom is 0.0867 e. The summed E-state index contributed by atoms with van der Waals surface area (Å²) in [5.74, 6) is 0. The molecule has 0 spiro atoms. The highest BCUT2D eigenvalue weighted by Gasteiger charge is 2.21. The van der Waals surface area contributed by atoms with E-state index in [2.05, 4.69) is 26.3 Å². The first-order valence-corrected chi connectivity index (χ1v) is 5.98. The lowest BCUT2D eigenvalue weighted by molar-refractivity contribution is 0.0848. The summed E-state index contributed by atoms with van der Waals surface area (Å²) in [5, 5.41) is 10.5. The van der Waals surface area contributed by atoms with E-state index < -0.39 is 5.60 Å². The van der Waals surface area contributed by atoms with Gasteiger partial charge in [-0.15, -0.1) is 26.3 Å². The molecule has 0 rings (SSSR count). The summed E-state index contributed by atoms with van der Waals surface area (Å²) >= 11 is 0. The molecule has 0 aliphatic heterocycles. The second-order valence-electron chi connectivity index (χ2n) is 4.21. The van der Waals surface area contributed by atoms with Gasteiger partial charge in [0, 0.05) is 0 Å². The van der Waals surface area contributed by atoms with Crippen LogP contribution in [0.1, 0.15) is 32.1 Å². The van der Waals surface area contributed by atoms with Gasteiger partial charge in [-0.25, -0.2) is 0 Å². The van der Waals surface area contributed by atoms with E-state index >= 15 is 0 Å². The van der Waals surface area contributed by atoms with E-state index in [4.69, 9.17) is 0 Å². The Morgan fingerprint density at radius 1 is 0.941 bits per heavy atom. The molecule has 0 aromatic carbocycles. The molecule has 1 N–H and O–H groups in total. The molecule has 1 atom stereocenters. The van der Waals surface area contributed by atoms with Crippen molar-refractivity contribution in [3.8, 4) is 0 Å². The molecule has 0 saturated carbocycles. The zero-order valence-corrected chi connectivity index (χ0v) is 10.7. The number of hydrogen-bond donors (Lipinski definition) is 1. The van der Waals surface area contributed by atoms with Crippen LogP contribution in [0, 0.1) is 0 Å². The number of allylic oxidation sites excluding steroid dienone is 4. The number of aliphatic hydroxyl groups is 1. The van der Waals surface area contributed by atoms with Crippen molar-refractivity contribution in [2.75, 3.05) is 0 Å². The maximum atomic E-state index is 10.5. The van der Waals surface area contributed by atoms with Crippen LogP contribution in [0.5, 0.6) is 0 Å². The lowest BCUT2D eigenvalue weighted by atomic mass is 9.89. The molecule has 0 aliphatic carbocycles. The van der Waals surface area contributed by atoms with Gasteiger partial charge in [0.25, 0.3) is 0 Å². The van der Waals surface area contributed by atoms with Crippen molar-refractivity contribution in [1.82, 2.24) is 0 Å². The van der Waals surface area contributed by atoms with Crippen LogP contribution in [0.3, 0.4) is 0 Å². The number of rotatable bonds is 10. The lowest BCUT2D eigenvalue weighted by Gasteiger charge is -2.24. The van der Waals surface area contributed by atoms with Gasteiger partial charge in [-0.1, -0.05) is 36.0 Å². The third kappa shape index (κ3) is 6.75. The third-order valence-corrected chi connectivity index (χ3v) is 2.57. The molecule has 0 bridgehead atoms. The Morgan fingerprint density at radius 2 is 1.53 bits per heavy atom. The SMILES string of the molecule is C=CCCC(O)(C=C(CC=C)CC=C)CC=C. The van der Waals surface area contributed by atoms with Crippen molar-refractivity contribution in [3.05, 3.63) is 62.3 Å².